The summed E-state index contributed by atoms with van der Waals surface area (Å²) in [7, 11) is 0. The van der Waals surface area contributed by atoms with Gasteiger partial charge in [-0.2, -0.15) is 9.64 Å². The highest BCUT2D eigenvalue weighted by atomic mass is 35.5. The Kier molecular flexibility index (Phi) is 4.42. The number of hydrogen-bond acceptors (Lipinski definition) is 4. The first-order valence-corrected chi connectivity index (χ1v) is 8.30. The monoisotopic (exact) mass is 317 g/mol. The van der Waals surface area contributed by atoms with E-state index < -0.39 is 0 Å². The highest BCUT2D eigenvalue weighted by Crippen LogP contribution is 2.35. The summed E-state index contributed by atoms with van der Waals surface area (Å²) < 4.78 is 4.15. The van der Waals surface area contributed by atoms with Crippen molar-refractivity contribution in [1.29, 1.82) is 5.26 Å². The lowest BCUT2D eigenvalue weighted by Crippen LogP contribution is -2.40. The van der Waals surface area contributed by atoms with Gasteiger partial charge in [-0.05, 0) is 42.8 Å². The normalized spacial score (nSPS) is 18.5. The van der Waals surface area contributed by atoms with Crippen LogP contribution in [-0.4, -0.2) is 17.0 Å². The Morgan fingerprint density at radius 1 is 1.33 bits per heavy atom. The Bertz CT molecular complexity index is 647. The van der Waals surface area contributed by atoms with Gasteiger partial charge in [0, 0.05) is 12.6 Å². The van der Waals surface area contributed by atoms with Crippen LogP contribution in [0.15, 0.2) is 30.3 Å². The van der Waals surface area contributed by atoms with Crippen LogP contribution in [0.5, 0.6) is 0 Å². The van der Waals surface area contributed by atoms with Gasteiger partial charge in [-0.25, -0.2) is 0 Å². The Morgan fingerprint density at radius 3 is 2.90 bits per heavy atom. The summed E-state index contributed by atoms with van der Waals surface area (Å²) in [5.74, 6) is 0. The summed E-state index contributed by atoms with van der Waals surface area (Å²) in [5, 5.41) is 10.6. The zero-order chi connectivity index (χ0) is 14.7. The van der Waals surface area contributed by atoms with E-state index in [9.17, 15) is 5.26 Å². The highest BCUT2D eigenvalue weighted by Gasteiger charge is 2.27. The SMILES string of the molecule is N#Cc1c(Cl)nsc1N1CCCCC1Cc1ccccc1. The number of hydrogen-bond donors (Lipinski definition) is 0. The molecule has 1 aromatic carbocycles. The van der Waals surface area contributed by atoms with Crippen LogP contribution >= 0.6 is 23.1 Å². The van der Waals surface area contributed by atoms with Crippen molar-refractivity contribution in [3.63, 3.8) is 0 Å². The van der Waals surface area contributed by atoms with Crippen LogP contribution in [0.3, 0.4) is 0 Å². The molecule has 0 aliphatic carbocycles. The average molecular weight is 318 g/mol. The molecule has 1 atom stereocenters. The summed E-state index contributed by atoms with van der Waals surface area (Å²) in [6.07, 6.45) is 4.55. The second-order valence-electron chi connectivity index (χ2n) is 5.30. The van der Waals surface area contributed by atoms with Crippen molar-refractivity contribution in [2.45, 2.75) is 31.7 Å². The molecule has 21 heavy (non-hydrogen) atoms. The molecule has 0 amide bonds. The van der Waals surface area contributed by atoms with Gasteiger partial charge in [0.1, 0.15) is 16.6 Å². The lowest BCUT2D eigenvalue weighted by atomic mass is 9.95. The molecule has 1 fully saturated rings. The van der Waals surface area contributed by atoms with Crippen molar-refractivity contribution >= 4 is 28.1 Å². The van der Waals surface area contributed by atoms with Gasteiger partial charge in [-0.1, -0.05) is 41.9 Å². The first-order valence-electron chi connectivity index (χ1n) is 7.15. The van der Waals surface area contributed by atoms with Gasteiger partial charge in [0.25, 0.3) is 0 Å². The maximum absolute atomic E-state index is 9.30. The second kappa shape index (κ2) is 6.46. The van der Waals surface area contributed by atoms with Crippen LogP contribution in [0.2, 0.25) is 5.15 Å². The molecule has 0 radical (unpaired) electrons. The topological polar surface area (TPSA) is 39.9 Å². The molecule has 1 unspecified atom stereocenters. The molecule has 108 valence electrons. The van der Waals surface area contributed by atoms with E-state index >= 15 is 0 Å². The van der Waals surface area contributed by atoms with Crippen molar-refractivity contribution in [3.05, 3.63) is 46.6 Å². The first-order chi connectivity index (χ1) is 10.3. The standard InChI is InChI=1S/C16H16ClN3S/c17-15-14(11-18)16(21-19-15)20-9-5-4-8-13(20)10-12-6-2-1-3-7-12/h1-3,6-7,13H,4-5,8-10H2. The van der Waals surface area contributed by atoms with Gasteiger partial charge < -0.3 is 4.90 Å². The zero-order valence-electron chi connectivity index (χ0n) is 11.6. The van der Waals surface area contributed by atoms with E-state index in [1.807, 2.05) is 6.07 Å². The molecule has 0 spiro atoms. The Morgan fingerprint density at radius 2 is 2.14 bits per heavy atom. The molecule has 0 bridgehead atoms. The summed E-state index contributed by atoms with van der Waals surface area (Å²) in [5.41, 5.74) is 1.87. The van der Waals surface area contributed by atoms with Crippen molar-refractivity contribution in [3.8, 4) is 6.07 Å². The third kappa shape index (κ3) is 3.04. The minimum Gasteiger partial charge on any atom is -0.358 e. The van der Waals surface area contributed by atoms with Gasteiger partial charge in [0.15, 0.2) is 5.15 Å². The summed E-state index contributed by atoms with van der Waals surface area (Å²) in [6, 6.07) is 13.1. The molecular weight excluding hydrogens is 302 g/mol. The smallest absolute Gasteiger partial charge is 0.162 e. The molecule has 0 N–H and O–H groups in total. The van der Waals surface area contributed by atoms with Crippen molar-refractivity contribution in [2.24, 2.45) is 0 Å². The Balaban J connectivity index is 1.86. The van der Waals surface area contributed by atoms with Gasteiger partial charge >= 0.3 is 0 Å². The Hall–Kier alpha value is -1.57. The molecule has 5 heteroatoms. The van der Waals surface area contributed by atoms with E-state index in [-0.39, 0.29) is 0 Å². The quantitative estimate of drug-likeness (QED) is 0.848. The number of halogens is 1. The van der Waals surface area contributed by atoms with E-state index in [0.717, 1.165) is 30.8 Å². The summed E-state index contributed by atoms with van der Waals surface area (Å²) in [4.78, 5) is 2.33. The Labute approximate surface area is 133 Å². The number of piperidine rings is 1. The third-order valence-electron chi connectivity index (χ3n) is 3.95. The first kappa shape index (κ1) is 14.4. The fraction of sp³-hybridized carbons (Fsp3) is 0.375. The third-order valence-corrected chi connectivity index (χ3v) is 5.21. The molecule has 1 aliphatic rings. The van der Waals surface area contributed by atoms with Crippen LogP contribution < -0.4 is 4.90 Å². The van der Waals surface area contributed by atoms with Crippen molar-refractivity contribution in [2.75, 3.05) is 11.4 Å². The molecule has 3 nitrogen and oxygen atoms in total. The number of anilines is 1. The predicted molar refractivity (Wildman–Crippen MR) is 87.0 cm³/mol. The highest BCUT2D eigenvalue weighted by molar-refractivity contribution is 7.10. The molecular formula is C16H16ClN3S. The van der Waals surface area contributed by atoms with E-state index in [1.54, 1.807) is 0 Å². The van der Waals surface area contributed by atoms with E-state index in [4.69, 9.17) is 11.6 Å². The number of rotatable bonds is 3. The lowest BCUT2D eigenvalue weighted by Gasteiger charge is -2.36. The molecule has 2 aromatic rings. The second-order valence-corrected chi connectivity index (χ2v) is 6.41. The van der Waals surface area contributed by atoms with E-state index in [2.05, 4.69) is 39.6 Å². The largest absolute Gasteiger partial charge is 0.358 e. The number of benzene rings is 1. The van der Waals surface area contributed by atoms with E-state index in [1.165, 1.54) is 23.5 Å². The van der Waals surface area contributed by atoms with Crippen LogP contribution in [0.1, 0.15) is 30.4 Å². The van der Waals surface area contributed by atoms with Crippen LogP contribution in [0, 0.1) is 11.3 Å². The van der Waals surface area contributed by atoms with E-state index in [0.29, 0.717) is 16.8 Å². The minimum absolute atomic E-state index is 0.335. The maximum atomic E-state index is 9.30. The maximum Gasteiger partial charge on any atom is 0.162 e. The fourth-order valence-electron chi connectivity index (χ4n) is 2.92. The van der Waals surface area contributed by atoms with Gasteiger partial charge in [0.2, 0.25) is 0 Å². The predicted octanol–water partition coefficient (Wildman–Crippen LogP) is 4.27. The fourth-order valence-corrected chi connectivity index (χ4v) is 4.05. The molecule has 2 heterocycles. The molecule has 1 aliphatic heterocycles. The van der Waals surface area contributed by atoms with Crippen molar-refractivity contribution < 1.29 is 0 Å². The number of nitriles is 1. The van der Waals surface area contributed by atoms with Crippen LogP contribution in [0.25, 0.3) is 0 Å². The molecule has 1 saturated heterocycles. The zero-order valence-corrected chi connectivity index (χ0v) is 13.2. The summed E-state index contributed by atoms with van der Waals surface area (Å²) >= 11 is 7.37. The van der Waals surface area contributed by atoms with Crippen LogP contribution in [0.4, 0.5) is 5.00 Å². The minimum atomic E-state index is 0.335. The molecule has 0 saturated carbocycles. The van der Waals surface area contributed by atoms with Crippen LogP contribution in [-0.2, 0) is 6.42 Å². The van der Waals surface area contributed by atoms with Gasteiger partial charge in [-0.15, -0.1) is 0 Å². The van der Waals surface area contributed by atoms with Gasteiger partial charge in [0.05, 0.1) is 0 Å². The molecule has 1 aromatic heterocycles. The number of nitrogens with zero attached hydrogens (tertiary/aromatic N) is 3. The summed E-state index contributed by atoms with van der Waals surface area (Å²) in [6.45, 7) is 0.977. The average Bonchev–Trinajstić information content (AvgIpc) is 2.89. The molecule has 3 rings (SSSR count). The lowest BCUT2D eigenvalue weighted by molar-refractivity contribution is 0.459. The number of aromatic nitrogens is 1. The van der Waals surface area contributed by atoms with Gasteiger partial charge in [-0.3, -0.25) is 0 Å². The van der Waals surface area contributed by atoms with Crippen molar-refractivity contribution in [1.82, 2.24) is 4.37 Å².